The van der Waals surface area contributed by atoms with E-state index in [0.29, 0.717) is 6.04 Å². The first kappa shape index (κ1) is 17.4. The molecule has 1 aromatic rings. The molecule has 1 aromatic carbocycles. The van der Waals surface area contributed by atoms with E-state index in [1.165, 1.54) is 18.4 Å². The van der Waals surface area contributed by atoms with E-state index in [9.17, 15) is 4.79 Å². The highest BCUT2D eigenvalue weighted by Crippen LogP contribution is 2.18. The van der Waals surface area contributed by atoms with Gasteiger partial charge in [-0.05, 0) is 31.7 Å². The highest BCUT2D eigenvalue weighted by Gasteiger charge is 2.27. The Morgan fingerprint density at radius 3 is 2.46 bits per heavy atom. The Balaban J connectivity index is 1.38. The highest BCUT2D eigenvalue weighted by molar-refractivity contribution is 5.81. The molecule has 1 aliphatic carbocycles. The number of rotatable bonds is 6. The van der Waals surface area contributed by atoms with Crippen molar-refractivity contribution in [2.75, 3.05) is 32.7 Å². The molecule has 4 nitrogen and oxygen atoms in total. The summed E-state index contributed by atoms with van der Waals surface area (Å²) in [6.07, 6.45) is 5.95. The van der Waals surface area contributed by atoms with Gasteiger partial charge in [0.25, 0.3) is 0 Å². The second-order valence-corrected chi connectivity index (χ2v) is 7.28. The Labute approximate surface area is 146 Å². The van der Waals surface area contributed by atoms with Gasteiger partial charge in [0.2, 0.25) is 5.91 Å². The van der Waals surface area contributed by atoms with E-state index < -0.39 is 0 Å². The molecule has 132 valence electrons. The van der Waals surface area contributed by atoms with Crippen LogP contribution in [0.25, 0.3) is 0 Å². The zero-order valence-corrected chi connectivity index (χ0v) is 14.9. The third-order valence-corrected chi connectivity index (χ3v) is 5.60. The van der Waals surface area contributed by atoms with Crippen LogP contribution in [0.3, 0.4) is 0 Å². The summed E-state index contributed by atoms with van der Waals surface area (Å²) in [6.45, 7) is 7.29. The summed E-state index contributed by atoms with van der Waals surface area (Å²) in [5.41, 5.74) is 1.41. The van der Waals surface area contributed by atoms with Crippen molar-refractivity contribution in [3.63, 3.8) is 0 Å². The average molecular weight is 329 g/mol. The summed E-state index contributed by atoms with van der Waals surface area (Å²) >= 11 is 0. The third-order valence-electron chi connectivity index (χ3n) is 5.60. The predicted octanol–water partition coefficient (Wildman–Crippen LogP) is 2.29. The number of nitrogens with one attached hydrogen (secondary N) is 1. The Morgan fingerprint density at radius 2 is 1.79 bits per heavy atom. The van der Waals surface area contributed by atoms with Crippen LogP contribution >= 0.6 is 0 Å². The van der Waals surface area contributed by atoms with Crippen molar-refractivity contribution in [2.45, 2.75) is 51.1 Å². The van der Waals surface area contributed by atoms with E-state index in [0.717, 1.165) is 52.0 Å². The highest BCUT2D eigenvalue weighted by atomic mass is 16.2. The largest absolute Gasteiger partial charge is 0.352 e. The second-order valence-electron chi connectivity index (χ2n) is 7.28. The van der Waals surface area contributed by atoms with E-state index in [1.807, 2.05) is 0 Å². The third kappa shape index (κ3) is 4.81. The van der Waals surface area contributed by atoms with Gasteiger partial charge in [0.15, 0.2) is 0 Å². The smallest absolute Gasteiger partial charge is 0.237 e. The van der Waals surface area contributed by atoms with E-state index in [2.05, 4.69) is 52.4 Å². The summed E-state index contributed by atoms with van der Waals surface area (Å²) in [5.74, 6) is 0.222. The van der Waals surface area contributed by atoms with Crippen molar-refractivity contribution < 1.29 is 4.79 Å². The summed E-state index contributed by atoms with van der Waals surface area (Å²) in [4.78, 5) is 17.3. The summed E-state index contributed by atoms with van der Waals surface area (Å²) < 4.78 is 0. The van der Waals surface area contributed by atoms with E-state index in [4.69, 9.17) is 0 Å². The molecule has 2 fully saturated rings. The van der Waals surface area contributed by atoms with E-state index in [1.54, 1.807) is 0 Å². The minimum atomic E-state index is 0.00173. The van der Waals surface area contributed by atoms with Crippen LogP contribution in [0.15, 0.2) is 30.3 Å². The lowest BCUT2D eigenvalue weighted by Gasteiger charge is -2.37. The molecule has 0 unspecified atom stereocenters. The quantitative estimate of drug-likeness (QED) is 0.870. The van der Waals surface area contributed by atoms with Crippen molar-refractivity contribution in [1.29, 1.82) is 0 Å². The molecule has 1 atom stereocenters. The second kappa shape index (κ2) is 8.63. The molecular formula is C20H31N3O. The van der Waals surface area contributed by atoms with Crippen molar-refractivity contribution >= 4 is 5.91 Å². The Bertz CT molecular complexity index is 505. The number of nitrogens with zero attached hydrogens (tertiary/aromatic N) is 2. The van der Waals surface area contributed by atoms with Crippen LogP contribution in [-0.4, -0.2) is 60.5 Å². The molecule has 2 aliphatic rings. The van der Waals surface area contributed by atoms with Gasteiger partial charge >= 0.3 is 0 Å². The number of carbonyl (C=O) groups excluding carboxylic acids is 1. The Morgan fingerprint density at radius 1 is 1.12 bits per heavy atom. The lowest BCUT2D eigenvalue weighted by atomic mass is 10.1. The van der Waals surface area contributed by atoms with Crippen molar-refractivity contribution in [1.82, 2.24) is 15.1 Å². The van der Waals surface area contributed by atoms with Crippen LogP contribution in [0.2, 0.25) is 0 Å². The topological polar surface area (TPSA) is 35.6 Å². The van der Waals surface area contributed by atoms with Crippen LogP contribution in [0.4, 0.5) is 0 Å². The van der Waals surface area contributed by atoms with Crippen LogP contribution in [0, 0.1) is 0 Å². The van der Waals surface area contributed by atoms with Gasteiger partial charge in [0, 0.05) is 38.8 Å². The first-order valence-corrected chi connectivity index (χ1v) is 9.53. The first-order chi connectivity index (χ1) is 11.7. The van der Waals surface area contributed by atoms with Crippen LogP contribution in [-0.2, 0) is 11.2 Å². The Hall–Kier alpha value is -1.39. The minimum Gasteiger partial charge on any atom is -0.352 e. The molecular weight excluding hydrogens is 298 g/mol. The number of carbonyl (C=O) groups is 1. The van der Waals surface area contributed by atoms with E-state index >= 15 is 0 Å². The maximum atomic E-state index is 12.4. The molecule has 4 heteroatoms. The SMILES string of the molecule is C[C@@H](C(=O)NC1CCCC1)N1CCN(CCc2ccccc2)CC1. The molecule has 0 bridgehead atoms. The van der Waals surface area contributed by atoms with Crippen molar-refractivity contribution in [2.24, 2.45) is 0 Å². The summed E-state index contributed by atoms with van der Waals surface area (Å²) in [6, 6.07) is 11.1. The maximum Gasteiger partial charge on any atom is 0.237 e. The number of hydrogen-bond donors (Lipinski definition) is 1. The average Bonchev–Trinajstić information content (AvgIpc) is 3.13. The monoisotopic (exact) mass is 329 g/mol. The van der Waals surface area contributed by atoms with Gasteiger partial charge in [-0.25, -0.2) is 0 Å². The molecule has 0 spiro atoms. The molecule has 3 rings (SSSR count). The summed E-state index contributed by atoms with van der Waals surface area (Å²) in [7, 11) is 0. The van der Waals surface area contributed by atoms with Gasteiger partial charge in [-0.1, -0.05) is 43.2 Å². The standard InChI is InChI=1S/C20H31N3O/c1-17(20(24)21-19-9-5-6-10-19)23-15-13-22(14-16-23)12-11-18-7-3-2-4-8-18/h2-4,7-8,17,19H,5-6,9-16H2,1H3,(H,21,24)/t17-/m0/s1. The van der Waals surface area contributed by atoms with E-state index in [-0.39, 0.29) is 11.9 Å². The zero-order chi connectivity index (χ0) is 16.8. The van der Waals surface area contributed by atoms with Gasteiger partial charge in [0.05, 0.1) is 6.04 Å². The molecule has 1 aliphatic heterocycles. The van der Waals surface area contributed by atoms with Crippen LogP contribution in [0.1, 0.15) is 38.2 Å². The molecule has 1 N–H and O–H groups in total. The minimum absolute atomic E-state index is 0.00173. The fourth-order valence-corrected chi connectivity index (χ4v) is 3.86. The molecule has 0 radical (unpaired) electrons. The predicted molar refractivity (Wildman–Crippen MR) is 98.0 cm³/mol. The first-order valence-electron chi connectivity index (χ1n) is 9.53. The van der Waals surface area contributed by atoms with Gasteiger partial charge in [-0.15, -0.1) is 0 Å². The van der Waals surface area contributed by atoms with Crippen LogP contribution < -0.4 is 5.32 Å². The van der Waals surface area contributed by atoms with Gasteiger partial charge in [0.1, 0.15) is 0 Å². The van der Waals surface area contributed by atoms with Gasteiger partial charge in [-0.2, -0.15) is 0 Å². The maximum absolute atomic E-state index is 12.4. The molecule has 1 amide bonds. The molecule has 0 aromatic heterocycles. The molecule has 1 saturated carbocycles. The Kier molecular flexibility index (Phi) is 6.27. The number of hydrogen-bond acceptors (Lipinski definition) is 3. The number of benzene rings is 1. The molecule has 24 heavy (non-hydrogen) atoms. The lowest BCUT2D eigenvalue weighted by Crippen LogP contribution is -2.55. The van der Waals surface area contributed by atoms with Crippen molar-refractivity contribution in [3.05, 3.63) is 35.9 Å². The number of amides is 1. The normalized spacial score (nSPS) is 21.7. The van der Waals surface area contributed by atoms with Gasteiger partial charge < -0.3 is 10.2 Å². The lowest BCUT2D eigenvalue weighted by molar-refractivity contribution is -0.127. The summed E-state index contributed by atoms with van der Waals surface area (Å²) in [5, 5.41) is 3.24. The van der Waals surface area contributed by atoms with Crippen molar-refractivity contribution in [3.8, 4) is 0 Å². The zero-order valence-electron chi connectivity index (χ0n) is 14.9. The van der Waals surface area contributed by atoms with Gasteiger partial charge in [-0.3, -0.25) is 9.69 Å². The molecule has 1 heterocycles. The fourth-order valence-electron chi connectivity index (χ4n) is 3.86. The number of piperazine rings is 1. The van der Waals surface area contributed by atoms with Crippen LogP contribution in [0.5, 0.6) is 0 Å². The fraction of sp³-hybridized carbons (Fsp3) is 0.650. The molecule has 1 saturated heterocycles.